The maximum atomic E-state index is 13.3. The number of carbonyl (C=O) groups excluding carboxylic acids is 3. The van der Waals surface area contributed by atoms with E-state index in [1.807, 2.05) is 12.1 Å². The number of Topliss-reactive ketones (excluding diaryl/α,β-unsaturated/α-hetero) is 2. The van der Waals surface area contributed by atoms with Crippen molar-refractivity contribution in [1.29, 1.82) is 0 Å². The van der Waals surface area contributed by atoms with Crippen LogP contribution in [0.25, 0.3) is 0 Å². The number of nitrogens with one attached hydrogen (secondary N) is 2. The number of ketones is 2. The van der Waals surface area contributed by atoms with E-state index in [4.69, 9.17) is 16.3 Å². The van der Waals surface area contributed by atoms with Crippen LogP contribution in [0.2, 0.25) is 5.02 Å². The second kappa shape index (κ2) is 13.4. The molecule has 0 unspecified atom stereocenters. The minimum Gasteiger partial charge on any atom is -0.454 e. The predicted molar refractivity (Wildman–Crippen MR) is 183 cm³/mol. The molecule has 1 aromatic heterocycles. The van der Waals surface area contributed by atoms with Gasteiger partial charge in [0.2, 0.25) is 21.9 Å². The van der Waals surface area contributed by atoms with E-state index < -0.39 is 56.3 Å². The lowest BCUT2D eigenvalue weighted by Crippen LogP contribution is -2.40. The molecule has 7 rings (SSSR count). The number of hydrogen-bond donors (Lipinski definition) is 2. The summed E-state index contributed by atoms with van der Waals surface area (Å²) in [6.07, 6.45) is 0.692. The van der Waals surface area contributed by atoms with Crippen LogP contribution >= 0.6 is 11.6 Å². The van der Waals surface area contributed by atoms with Crippen molar-refractivity contribution in [2.45, 2.75) is 94.0 Å². The summed E-state index contributed by atoms with van der Waals surface area (Å²) in [5, 5.41) is 3.29. The van der Waals surface area contributed by atoms with E-state index in [0.717, 1.165) is 18.4 Å². The molecule has 2 aromatic carbocycles. The number of alkyl halides is 3. The maximum Gasteiger partial charge on any atom is 0.422 e. The van der Waals surface area contributed by atoms with Crippen LogP contribution in [0.4, 0.5) is 19.1 Å². The fraction of sp³-hybridized carbons (Fsp3) is 0.500. The highest BCUT2D eigenvalue weighted by molar-refractivity contribution is 7.90. The van der Waals surface area contributed by atoms with Gasteiger partial charge in [-0.25, -0.2) is 8.42 Å². The normalized spacial score (nSPS) is 19.3. The number of hydrogen-bond acceptors (Lipinski definition) is 10. The van der Waals surface area contributed by atoms with Crippen molar-refractivity contribution in [2.75, 3.05) is 11.9 Å². The third-order valence-corrected chi connectivity index (χ3v) is 12.5. The van der Waals surface area contributed by atoms with Gasteiger partial charge in [0.25, 0.3) is 0 Å². The molecule has 4 saturated carbocycles. The van der Waals surface area contributed by atoms with Gasteiger partial charge in [0.05, 0.1) is 16.2 Å². The van der Waals surface area contributed by atoms with Crippen LogP contribution in [0.1, 0.15) is 97.9 Å². The number of ether oxygens (including phenoxy) is 1. The summed E-state index contributed by atoms with van der Waals surface area (Å²) in [5.41, 5.74) is -0.0941. The summed E-state index contributed by atoms with van der Waals surface area (Å²) in [5.74, 6) is -0.619. The summed E-state index contributed by atoms with van der Waals surface area (Å²) in [6.45, 7) is -1.57. The van der Waals surface area contributed by atoms with Gasteiger partial charge in [-0.2, -0.15) is 28.1 Å². The number of aromatic nitrogens is 3. The zero-order valence-corrected chi connectivity index (χ0v) is 29.7. The van der Waals surface area contributed by atoms with Crippen molar-refractivity contribution >= 4 is 45.0 Å². The number of nitrogens with zero attached hydrogens (tertiary/aromatic N) is 3. The first-order valence-corrected chi connectivity index (χ1v) is 19.2. The number of sulfonamides is 1. The zero-order valence-electron chi connectivity index (χ0n) is 28.1. The highest BCUT2D eigenvalue weighted by atomic mass is 35.5. The molecule has 276 valence electrons. The fourth-order valence-electron chi connectivity index (χ4n) is 6.47. The van der Waals surface area contributed by atoms with Gasteiger partial charge in [-0.05, 0) is 81.0 Å². The largest absolute Gasteiger partial charge is 0.454 e. The number of anilines is 1. The van der Waals surface area contributed by atoms with Gasteiger partial charge in [0, 0.05) is 35.3 Å². The molecule has 2 N–H and O–H groups in total. The van der Waals surface area contributed by atoms with E-state index >= 15 is 0 Å². The van der Waals surface area contributed by atoms with E-state index in [9.17, 15) is 36.0 Å². The van der Waals surface area contributed by atoms with Crippen molar-refractivity contribution < 1.29 is 40.7 Å². The smallest absolute Gasteiger partial charge is 0.422 e. The molecular weight excluding hydrogens is 723 g/mol. The Morgan fingerprint density at radius 1 is 0.885 bits per heavy atom. The summed E-state index contributed by atoms with van der Waals surface area (Å²) >= 11 is 6.04. The highest BCUT2D eigenvalue weighted by Crippen LogP contribution is 2.57. The Labute approximate surface area is 303 Å². The van der Waals surface area contributed by atoms with Crippen LogP contribution in [-0.2, 0) is 31.6 Å². The topological polar surface area (TPSA) is 157 Å². The SMILES string of the molecule is O=C(CCC1(C(=O)CC2(C(=O)NS(=O)(=O)C3CC3)CC2)CC1)c1ccc(Cc2nc(NC3(c4ccc(Cl)cc4)CC3)nc(OCC(F)(F)F)n2)cc1. The van der Waals surface area contributed by atoms with Crippen LogP contribution in [0.3, 0.4) is 0 Å². The molecule has 4 aliphatic rings. The van der Waals surface area contributed by atoms with Gasteiger partial charge < -0.3 is 10.1 Å². The third-order valence-electron chi connectivity index (χ3n) is 10.5. The number of benzene rings is 2. The Balaban J connectivity index is 0.969. The Bertz CT molecular complexity index is 1990. The van der Waals surface area contributed by atoms with E-state index in [1.54, 1.807) is 36.4 Å². The van der Waals surface area contributed by atoms with E-state index in [0.29, 0.717) is 61.1 Å². The van der Waals surface area contributed by atoms with Gasteiger partial charge in [0.1, 0.15) is 11.6 Å². The summed E-state index contributed by atoms with van der Waals surface area (Å²) in [4.78, 5) is 52.0. The molecule has 1 amide bonds. The van der Waals surface area contributed by atoms with Crippen molar-refractivity contribution in [3.05, 3.63) is 76.1 Å². The third kappa shape index (κ3) is 8.41. The fourth-order valence-corrected chi connectivity index (χ4v) is 8.00. The lowest BCUT2D eigenvalue weighted by molar-refractivity contribution is -0.154. The molecule has 16 heteroatoms. The summed E-state index contributed by atoms with van der Waals surface area (Å²) < 4.78 is 70.5. The van der Waals surface area contributed by atoms with Crippen molar-refractivity contribution in [3.63, 3.8) is 0 Å². The molecule has 4 fully saturated rings. The molecule has 1 heterocycles. The second-order valence-corrected chi connectivity index (χ2v) is 17.0. The maximum absolute atomic E-state index is 13.3. The first kappa shape index (κ1) is 36.3. The van der Waals surface area contributed by atoms with Gasteiger partial charge in [-0.1, -0.05) is 48.0 Å². The van der Waals surface area contributed by atoms with Gasteiger partial charge in [-0.15, -0.1) is 0 Å². The van der Waals surface area contributed by atoms with Crippen LogP contribution in [0.15, 0.2) is 48.5 Å². The summed E-state index contributed by atoms with van der Waals surface area (Å²) in [6, 6.07) is 13.5. The summed E-state index contributed by atoms with van der Waals surface area (Å²) in [7, 11) is -3.70. The Kier molecular flexibility index (Phi) is 9.33. The predicted octanol–water partition coefficient (Wildman–Crippen LogP) is 6.25. The average Bonchev–Trinajstić information content (AvgIpc) is 3.89. The monoisotopic (exact) mass is 759 g/mol. The molecule has 0 aliphatic heterocycles. The van der Waals surface area contributed by atoms with Gasteiger partial charge >= 0.3 is 12.2 Å². The molecule has 0 saturated heterocycles. The Morgan fingerprint density at radius 2 is 1.54 bits per heavy atom. The first-order chi connectivity index (χ1) is 24.6. The molecule has 3 aromatic rings. The van der Waals surface area contributed by atoms with Crippen molar-refractivity contribution in [2.24, 2.45) is 10.8 Å². The molecule has 4 aliphatic carbocycles. The quantitative estimate of drug-likeness (QED) is 0.151. The van der Waals surface area contributed by atoms with Crippen LogP contribution < -0.4 is 14.8 Å². The molecule has 0 spiro atoms. The van der Waals surface area contributed by atoms with Crippen LogP contribution in [-0.4, -0.2) is 58.9 Å². The number of amides is 1. The lowest BCUT2D eigenvalue weighted by atomic mass is 9.85. The number of rotatable bonds is 17. The van der Waals surface area contributed by atoms with E-state index in [1.165, 1.54) is 0 Å². The molecule has 0 radical (unpaired) electrons. The first-order valence-electron chi connectivity index (χ1n) is 17.3. The molecule has 52 heavy (non-hydrogen) atoms. The van der Waals surface area contributed by atoms with Gasteiger partial charge in [0.15, 0.2) is 12.4 Å². The molecule has 0 atom stereocenters. The number of halogens is 4. The molecular formula is C36H37ClF3N5O6S. The van der Waals surface area contributed by atoms with E-state index in [-0.39, 0.29) is 42.6 Å². The highest BCUT2D eigenvalue weighted by Gasteiger charge is 2.58. The van der Waals surface area contributed by atoms with Crippen LogP contribution in [0.5, 0.6) is 6.01 Å². The lowest BCUT2D eigenvalue weighted by Gasteiger charge is -2.19. The number of carbonyl (C=O) groups is 3. The minimum atomic E-state index is -4.59. The Morgan fingerprint density at radius 3 is 2.12 bits per heavy atom. The van der Waals surface area contributed by atoms with Crippen LogP contribution in [0, 0.1) is 10.8 Å². The minimum absolute atomic E-state index is 0.0265. The molecule has 11 nitrogen and oxygen atoms in total. The zero-order chi connectivity index (χ0) is 36.9. The van der Waals surface area contributed by atoms with Crippen molar-refractivity contribution in [1.82, 2.24) is 19.7 Å². The standard InChI is InChI=1S/C36H37ClF3N5O6S/c37-25-7-5-24(6-8-25)35(17-18-35)44-31-41-29(42-32(43-31)51-21-36(38,39)40)19-22-1-3-23(4-2-22)27(46)11-12-33(13-14-33)28(47)20-34(15-16-34)30(48)45-52(49,50)26-9-10-26/h1-8,26H,9-21H2,(H,45,48)(H,41,42,43,44). The van der Waals surface area contributed by atoms with Crippen molar-refractivity contribution in [3.8, 4) is 6.01 Å². The molecule has 0 bridgehead atoms. The van der Waals surface area contributed by atoms with Gasteiger partial charge in [-0.3, -0.25) is 19.1 Å². The Hall–Kier alpha value is -4.11. The van der Waals surface area contributed by atoms with E-state index in [2.05, 4.69) is 25.0 Å². The second-order valence-electron chi connectivity index (χ2n) is 14.6. The average molecular weight is 760 g/mol.